The zero-order chi connectivity index (χ0) is 14.0. The van der Waals surface area contributed by atoms with Crippen molar-refractivity contribution in [2.24, 2.45) is 5.92 Å². The Kier molecular flexibility index (Phi) is 4.42. The largest absolute Gasteiger partial charge is 0.396 e. The Balaban J connectivity index is 2.26. The smallest absolute Gasteiger partial charge is 0.126 e. The second-order valence-electron chi connectivity index (χ2n) is 5.45. The number of hydrogen-bond acceptors (Lipinski definition) is 3. The van der Waals surface area contributed by atoms with Crippen LogP contribution in [0, 0.1) is 18.7 Å². The predicted octanol–water partition coefficient (Wildman–Crippen LogP) is 2.40. The molecule has 1 fully saturated rings. The van der Waals surface area contributed by atoms with E-state index in [1.54, 1.807) is 13.8 Å². The van der Waals surface area contributed by atoms with Crippen molar-refractivity contribution in [1.82, 2.24) is 0 Å². The molecule has 1 unspecified atom stereocenters. The van der Waals surface area contributed by atoms with Crippen LogP contribution in [0.1, 0.15) is 37.0 Å². The van der Waals surface area contributed by atoms with Crippen molar-refractivity contribution >= 4 is 5.69 Å². The molecule has 1 aliphatic heterocycles. The van der Waals surface area contributed by atoms with Crippen LogP contribution in [0.25, 0.3) is 0 Å². The first kappa shape index (κ1) is 14.3. The van der Waals surface area contributed by atoms with Crippen molar-refractivity contribution < 1.29 is 14.6 Å². The molecule has 1 aromatic carbocycles. The molecule has 0 aromatic heterocycles. The summed E-state index contributed by atoms with van der Waals surface area (Å²) in [6, 6.07) is 3.26. The van der Waals surface area contributed by atoms with E-state index in [0.717, 1.165) is 31.6 Å². The summed E-state index contributed by atoms with van der Waals surface area (Å²) in [5.41, 5.74) is 2.17. The topological polar surface area (TPSA) is 43.7 Å². The minimum absolute atomic E-state index is 0.213. The molecule has 3 nitrogen and oxygen atoms in total. The first-order valence-electron chi connectivity index (χ1n) is 6.86. The van der Waals surface area contributed by atoms with Gasteiger partial charge in [0.2, 0.25) is 0 Å². The van der Waals surface area contributed by atoms with Gasteiger partial charge in [-0.15, -0.1) is 0 Å². The van der Waals surface area contributed by atoms with E-state index in [2.05, 4.69) is 4.90 Å². The van der Waals surface area contributed by atoms with Gasteiger partial charge in [0.1, 0.15) is 5.82 Å². The third-order valence-electron chi connectivity index (χ3n) is 3.92. The summed E-state index contributed by atoms with van der Waals surface area (Å²) in [6.45, 7) is 5.38. The Labute approximate surface area is 113 Å². The average molecular weight is 267 g/mol. The van der Waals surface area contributed by atoms with Crippen LogP contribution in [-0.2, 0) is 0 Å². The first-order valence-corrected chi connectivity index (χ1v) is 6.86. The van der Waals surface area contributed by atoms with Gasteiger partial charge in [-0.1, -0.05) is 0 Å². The Morgan fingerprint density at radius 3 is 2.84 bits per heavy atom. The molecular weight excluding hydrogens is 245 g/mol. The van der Waals surface area contributed by atoms with Gasteiger partial charge in [0, 0.05) is 30.9 Å². The van der Waals surface area contributed by atoms with E-state index in [4.69, 9.17) is 5.11 Å². The van der Waals surface area contributed by atoms with Gasteiger partial charge < -0.3 is 15.1 Å². The molecule has 0 spiro atoms. The number of benzene rings is 1. The van der Waals surface area contributed by atoms with Crippen molar-refractivity contribution in [3.05, 3.63) is 29.1 Å². The molecule has 106 valence electrons. The van der Waals surface area contributed by atoms with Crippen LogP contribution in [0.3, 0.4) is 0 Å². The van der Waals surface area contributed by atoms with Crippen molar-refractivity contribution in [3.63, 3.8) is 0 Å². The highest BCUT2D eigenvalue weighted by Gasteiger charge is 2.25. The summed E-state index contributed by atoms with van der Waals surface area (Å²) in [5.74, 6) is 0.211. The van der Waals surface area contributed by atoms with Gasteiger partial charge >= 0.3 is 0 Å². The van der Waals surface area contributed by atoms with Crippen LogP contribution in [0.15, 0.2) is 12.1 Å². The van der Waals surface area contributed by atoms with Crippen LogP contribution in [0.2, 0.25) is 0 Å². The maximum Gasteiger partial charge on any atom is 0.126 e. The second-order valence-corrected chi connectivity index (χ2v) is 5.45. The fourth-order valence-corrected chi connectivity index (χ4v) is 2.76. The van der Waals surface area contributed by atoms with Gasteiger partial charge in [-0.3, -0.25) is 0 Å². The number of aliphatic hydroxyl groups excluding tert-OH is 2. The molecule has 0 bridgehead atoms. The molecule has 0 amide bonds. The zero-order valence-electron chi connectivity index (χ0n) is 11.6. The zero-order valence-corrected chi connectivity index (χ0v) is 11.6. The van der Waals surface area contributed by atoms with E-state index >= 15 is 0 Å². The summed E-state index contributed by atoms with van der Waals surface area (Å²) >= 11 is 0. The Morgan fingerprint density at radius 2 is 2.21 bits per heavy atom. The summed E-state index contributed by atoms with van der Waals surface area (Å²) < 4.78 is 13.6. The predicted molar refractivity (Wildman–Crippen MR) is 73.8 cm³/mol. The van der Waals surface area contributed by atoms with Crippen molar-refractivity contribution in [2.45, 2.75) is 32.8 Å². The molecule has 2 N–H and O–H groups in total. The molecule has 4 heteroatoms. The molecule has 1 saturated heterocycles. The molecule has 19 heavy (non-hydrogen) atoms. The maximum atomic E-state index is 13.6. The average Bonchev–Trinajstić information content (AvgIpc) is 2.81. The van der Waals surface area contributed by atoms with E-state index in [1.165, 1.54) is 6.07 Å². The molecule has 2 atom stereocenters. The van der Waals surface area contributed by atoms with Gasteiger partial charge in [0.15, 0.2) is 0 Å². The molecule has 1 heterocycles. The molecular formula is C15H22FNO2. The highest BCUT2D eigenvalue weighted by molar-refractivity contribution is 5.57. The van der Waals surface area contributed by atoms with Gasteiger partial charge in [0.05, 0.1) is 6.10 Å². The lowest BCUT2D eigenvalue weighted by molar-refractivity contribution is 0.199. The number of hydrogen-bond donors (Lipinski definition) is 2. The van der Waals surface area contributed by atoms with Crippen LogP contribution >= 0.6 is 0 Å². The number of anilines is 1. The summed E-state index contributed by atoms with van der Waals surface area (Å²) in [6.07, 6.45) is 1.17. The lowest BCUT2D eigenvalue weighted by atomic mass is 10.0. The number of aliphatic hydroxyl groups is 2. The van der Waals surface area contributed by atoms with E-state index < -0.39 is 6.10 Å². The number of nitrogens with zero attached hydrogens (tertiary/aromatic N) is 1. The molecule has 2 rings (SSSR count). The van der Waals surface area contributed by atoms with Gasteiger partial charge in [-0.2, -0.15) is 0 Å². The second kappa shape index (κ2) is 5.88. The highest BCUT2D eigenvalue weighted by Crippen LogP contribution is 2.33. The standard InChI is InChI=1S/C15H22FNO2/c1-10-7-15(13(11(2)19)8-14(10)16)17-5-3-12(9-17)4-6-18/h7-8,11-12,18-19H,3-6,9H2,1-2H3/t11-,12?/m0/s1. The normalized spacial score (nSPS) is 20.9. The van der Waals surface area contributed by atoms with Crippen molar-refractivity contribution in [2.75, 3.05) is 24.6 Å². The lowest BCUT2D eigenvalue weighted by Crippen LogP contribution is -2.22. The van der Waals surface area contributed by atoms with Gasteiger partial charge in [-0.25, -0.2) is 4.39 Å². The monoisotopic (exact) mass is 267 g/mol. The Bertz CT molecular complexity index is 448. The number of rotatable bonds is 4. The fraction of sp³-hybridized carbons (Fsp3) is 0.600. The summed E-state index contributed by atoms with van der Waals surface area (Å²) in [5, 5.41) is 18.8. The van der Waals surface area contributed by atoms with Crippen LogP contribution < -0.4 is 4.90 Å². The lowest BCUT2D eigenvalue weighted by Gasteiger charge is -2.24. The quantitative estimate of drug-likeness (QED) is 0.880. The highest BCUT2D eigenvalue weighted by atomic mass is 19.1. The maximum absolute atomic E-state index is 13.6. The summed E-state index contributed by atoms with van der Waals surface area (Å²) in [7, 11) is 0. The van der Waals surface area contributed by atoms with Crippen molar-refractivity contribution in [1.29, 1.82) is 0 Å². The Morgan fingerprint density at radius 1 is 1.47 bits per heavy atom. The first-order chi connectivity index (χ1) is 9.02. The van der Waals surface area contributed by atoms with Crippen LogP contribution in [0.5, 0.6) is 0 Å². The van der Waals surface area contributed by atoms with Crippen LogP contribution in [0.4, 0.5) is 10.1 Å². The minimum Gasteiger partial charge on any atom is -0.396 e. The number of halogens is 1. The molecule has 0 radical (unpaired) electrons. The Hall–Kier alpha value is -1.13. The van der Waals surface area contributed by atoms with E-state index in [9.17, 15) is 9.50 Å². The fourth-order valence-electron chi connectivity index (χ4n) is 2.76. The van der Waals surface area contributed by atoms with Crippen LogP contribution in [-0.4, -0.2) is 29.9 Å². The van der Waals surface area contributed by atoms with E-state index in [-0.39, 0.29) is 12.4 Å². The van der Waals surface area contributed by atoms with Gasteiger partial charge in [0.25, 0.3) is 0 Å². The SMILES string of the molecule is Cc1cc(N2CCC(CCO)C2)c([C@H](C)O)cc1F. The molecule has 1 aliphatic rings. The van der Waals surface area contributed by atoms with E-state index in [1.807, 2.05) is 6.07 Å². The molecule has 1 aromatic rings. The number of aryl methyl sites for hydroxylation is 1. The third kappa shape index (κ3) is 3.07. The van der Waals surface area contributed by atoms with Crippen molar-refractivity contribution in [3.8, 4) is 0 Å². The minimum atomic E-state index is -0.679. The van der Waals surface area contributed by atoms with Gasteiger partial charge in [-0.05, 0) is 50.3 Å². The van der Waals surface area contributed by atoms with E-state index in [0.29, 0.717) is 17.0 Å². The third-order valence-corrected chi connectivity index (χ3v) is 3.92. The summed E-state index contributed by atoms with van der Waals surface area (Å²) in [4.78, 5) is 2.19. The molecule has 0 aliphatic carbocycles. The molecule has 0 saturated carbocycles.